The normalized spacial score (nSPS) is 20.6. The van der Waals surface area contributed by atoms with Crippen molar-refractivity contribution in [3.63, 3.8) is 0 Å². The molecule has 1 unspecified atom stereocenters. The number of hydrogen-bond acceptors (Lipinski definition) is 3. The Kier molecular flexibility index (Phi) is 5.38. The maximum Gasteiger partial charge on any atom is 0.221 e. The first-order chi connectivity index (χ1) is 7.75. The predicted octanol–water partition coefficient (Wildman–Crippen LogP) is 1.20. The number of hydrogen-bond donors (Lipinski definition) is 1. The molecule has 2 heterocycles. The summed E-state index contributed by atoms with van der Waals surface area (Å²) in [6.45, 7) is 2.61. The summed E-state index contributed by atoms with van der Waals surface area (Å²) in [6, 6.07) is 5.90. The van der Waals surface area contributed by atoms with Gasteiger partial charge in [-0.25, -0.2) is 0 Å². The molecule has 2 N–H and O–H groups in total. The van der Waals surface area contributed by atoms with Gasteiger partial charge in [-0.1, -0.05) is 6.07 Å². The van der Waals surface area contributed by atoms with Crippen LogP contribution in [-0.2, 0) is 11.3 Å². The summed E-state index contributed by atoms with van der Waals surface area (Å²) in [5.41, 5.74) is 6.39. The zero-order chi connectivity index (χ0) is 11.4. The Morgan fingerprint density at radius 1 is 1.53 bits per heavy atom. The number of carbonyl (C=O) groups is 1. The molecule has 1 aromatic heterocycles. The molecule has 1 aromatic rings. The van der Waals surface area contributed by atoms with E-state index >= 15 is 0 Å². The highest BCUT2D eigenvalue weighted by atomic mass is 35.5. The highest BCUT2D eigenvalue weighted by Gasteiger charge is 2.23. The fourth-order valence-electron chi connectivity index (χ4n) is 2.15. The summed E-state index contributed by atoms with van der Waals surface area (Å²) in [5, 5.41) is 0. The van der Waals surface area contributed by atoms with E-state index in [0.717, 1.165) is 38.2 Å². The third kappa shape index (κ3) is 3.98. The standard InChI is InChI=1S/C12H17N3O.ClH/c13-12(16)10-4-3-7-15(8-10)9-11-5-1-2-6-14-11;/h1-2,5-6,10H,3-4,7-9H2,(H2,13,16);1H. The van der Waals surface area contributed by atoms with Crippen molar-refractivity contribution in [2.24, 2.45) is 11.7 Å². The van der Waals surface area contributed by atoms with Gasteiger partial charge in [-0.3, -0.25) is 14.7 Å². The molecule has 0 bridgehead atoms. The van der Waals surface area contributed by atoms with Crippen LogP contribution in [0.5, 0.6) is 0 Å². The lowest BCUT2D eigenvalue weighted by Gasteiger charge is -2.30. The Balaban J connectivity index is 0.00000144. The van der Waals surface area contributed by atoms with Gasteiger partial charge < -0.3 is 5.73 Å². The quantitative estimate of drug-likeness (QED) is 0.883. The third-order valence-corrected chi connectivity index (χ3v) is 3.02. The number of amides is 1. The third-order valence-electron chi connectivity index (χ3n) is 3.02. The first-order valence-corrected chi connectivity index (χ1v) is 5.67. The molecular formula is C12H18ClN3O. The molecule has 5 heteroatoms. The number of likely N-dealkylation sites (tertiary alicyclic amines) is 1. The van der Waals surface area contributed by atoms with Gasteiger partial charge in [0.1, 0.15) is 0 Å². The van der Waals surface area contributed by atoms with E-state index in [1.54, 1.807) is 6.20 Å². The summed E-state index contributed by atoms with van der Waals surface area (Å²) in [7, 11) is 0. The predicted molar refractivity (Wildman–Crippen MR) is 68.7 cm³/mol. The van der Waals surface area contributed by atoms with E-state index in [4.69, 9.17) is 5.73 Å². The van der Waals surface area contributed by atoms with Crippen molar-refractivity contribution in [2.45, 2.75) is 19.4 Å². The fraction of sp³-hybridized carbons (Fsp3) is 0.500. The molecule has 1 atom stereocenters. The molecule has 17 heavy (non-hydrogen) atoms. The second-order valence-electron chi connectivity index (χ2n) is 4.30. The van der Waals surface area contributed by atoms with Gasteiger partial charge in [0.25, 0.3) is 0 Å². The van der Waals surface area contributed by atoms with Crippen LogP contribution in [0.2, 0.25) is 0 Å². The Morgan fingerprint density at radius 3 is 3.00 bits per heavy atom. The summed E-state index contributed by atoms with van der Waals surface area (Å²) < 4.78 is 0. The van der Waals surface area contributed by atoms with E-state index in [0.29, 0.717) is 0 Å². The molecule has 0 radical (unpaired) electrons. The summed E-state index contributed by atoms with van der Waals surface area (Å²) in [4.78, 5) is 17.7. The number of nitrogens with two attached hydrogens (primary N) is 1. The molecule has 4 nitrogen and oxygen atoms in total. The zero-order valence-electron chi connectivity index (χ0n) is 9.71. The molecule has 1 aliphatic rings. The molecule has 94 valence electrons. The van der Waals surface area contributed by atoms with Crippen molar-refractivity contribution in [1.29, 1.82) is 0 Å². The Hall–Kier alpha value is -1.13. The lowest BCUT2D eigenvalue weighted by molar-refractivity contribution is -0.123. The second kappa shape index (κ2) is 6.57. The van der Waals surface area contributed by atoms with Crippen LogP contribution in [0.3, 0.4) is 0 Å². The number of carbonyl (C=O) groups excluding carboxylic acids is 1. The second-order valence-corrected chi connectivity index (χ2v) is 4.30. The van der Waals surface area contributed by atoms with Crippen LogP contribution in [0.4, 0.5) is 0 Å². The largest absolute Gasteiger partial charge is 0.369 e. The monoisotopic (exact) mass is 255 g/mol. The number of rotatable bonds is 3. The van der Waals surface area contributed by atoms with Gasteiger partial charge in [0.2, 0.25) is 5.91 Å². The SMILES string of the molecule is Cl.NC(=O)C1CCCN(Cc2ccccn2)C1. The van der Waals surface area contributed by atoms with E-state index in [1.165, 1.54) is 0 Å². The van der Waals surface area contributed by atoms with E-state index in [9.17, 15) is 4.79 Å². The highest BCUT2D eigenvalue weighted by molar-refractivity contribution is 5.85. The van der Waals surface area contributed by atoms with E-state index in [2.05, 4.69) is 9.88 Å². The van der Waals surface area contributed by atoms with Gasteiger partial charge >= 0.3 is 0 Å². The molecule has 1 aliphatic heterocycles. The topological polar surface area (TPSA) is 59.2 Å². The molecule has 1 fully saturated rings. The molecule has 1 amide bonds. The number of halogens is 1. The molecule has 0 spiro atoms. The van der Waals surface area contributed by atoms with Crippen molar-refractivity contribution in [3.05, 3.63) is 30.1 Å². The van der Waals surface area contributed by atoms with Crippen molar-refractivity contribution in [2.75, 3.05) is 13.1 Å². The molecular weight excluding hydrogens is 238 g/mol. The first-order valence-electron chi connectivity index (χ1n) is 5.67. The van der Waals surface area contributed by atoms with Gasteiger partial charge in [0.15, 0.2) is 0 Å². The van der Waals surface area contributed by atoms with Crippen molar-refractivity contribution in [3.8, 4) is 0 Å². The minimum Gasteiger partial charge on any atom is -0.369 e. The summed E-state index contributed by atoms with van der Waals surface area (Å²) in [6.07, 6.45) is 3.76. The van der Waals surface area contributed by atoms with Crippen LogP contribution in [0.25, 0.3) is 0 Å². The minimum absolute atomic E-state index is 0. The van der Waals surface area contributed by atoms with E-state index in [1.807, 2.05) is 18.2 Å². The van der Waals surface area contributed by atoms with Crippen molar-refractivity contribution < 1.29 is 4.79 Å². The first kappa shape index (κ1) is 13.9. The van der Waals surface area contributed by atoms with E-state index < -0.39 is 0 Å². The van der Waals surface area contributed by atoms with Gasteiger partial charge in [-0.2, -0.15) is 0 Å². The molecule has 0 saturated carbocycles. The molecule has 2 rings (SSSR count). The fourth-order valence-corrected chi connectivity index (χ4v) is 2.15. The maximum atomic E-state index is 11.1. The summed E-state index contributed by atoms with van der Waals surface area (Å²) in [5.74, 6) is -0.164. The van der Waals surface area contributed by atoms with E-state index in [-0.39, 0.29) is 24.2 Å². The van der Waals surface area contributed by atoms with Crippen LogP contribution in [0, 0.1) is 5.92 Å². The zero-order valence-corrected chi connectivity index (χ0v) is 10.5. The van der Waals surface area contributed by atoms with Crippen LogP contribution in [0.15, 0.2) is 24.4 Å². The number of piperidine rings is 1. The Bertz CT molecular complexity index is 358. The Morgan fingerprint density at radius 2 is 2.35 bits per heavy atom. The average molecular weight is 256 g/mol. The van der Waals surface area contributed by atoms with Crippen molar-refractivity contribution >= 4 is 18.3 Å². The lowest BCUT2D eigenvalue weighted by atomic mass is 9.97. The Labute approximate surface area is 108 Å². The number of nitrogens with zero attached hydrogens (tertiary/aromatic N) is 2. The molecule has 1 saturated heterocycles. The van der Waals surface area contributed by atoms with Crippen molar-refractivity contribution in [1.82, 2.24) is 9.88 Å². The van der Waals surface area contributed by atoms with Gasteiger partial charge in [0, 0.05) is 19.3 Å². The smallest absolute Gasteiger partial charge is 0.221 e. The lowest BCUT2D eigenvalue weighted by Crippen LogP contribution is -2.40. The summed E-state index contributed by atoms with van der Waals surface area (Å²) >= 11 is 0. The van der Waals surface area contributed by atoms with Crippen LogP contribution >= 0.6 is 12.4 Å². The molecule has 0 aliphatic carbocycles. The average Bonchev–Trinajstić information content (AvgIpc) is 2.30. The number of aromatic nitrogens is 1. The number of primary amides is 1. The van der Waals surface area contributed by atoms with Gasteiger partial charge in [-0.05, 0) is 31.5 Å². The highest BCUT2D eigenvalue weighted by Crippen LogP contribution is 2.17. The van der Waals surface area contributed by atoms with Gasteiger partial charge in [0.05, 0.1) is 11.6 Å². The van der Waals surface area contributed by atoms with Crippen LogP contribution < -0.4 is 5.73 Å². The van der Waals surface area contributed by atoms with Gasteiger partial charge in [-0.15, -0.1) is 12.4 Å². The molecule has 0 aromatic carbocycles. The van der Waals surface area contributed by atoms with Crippen LogP contribution in [-0.4, -0.2) is 28.9 Å². The maximum absolute atomic E-state index is 11.1. The number of pyridine rings is 1. The van der Waals surface area contributed by atoms with Crippen LogP contribution in [0.1, 0.15) is 18.5 Å². The minimum atomic E-state index is -0.175.